The van der Waals surface area contributed by atoms with E-state index in [0.29, 0.717) is 0 Å². The number of ether oxygens (including phenoxy) is 1. The Morgan fingerprint density at radius 2 is 1.88 bits per heavy atom. The molecule has 0 radical (unpaired) electrons. The highest BCUT2D eigenvalue weighted by molar-refractivity contribution is 6.10. The van der Waals surface area contributed by atoms with E-state index in [9.17, 15) is 9.59 Å². The molecule has 4 heteroatoms. The summed E-state index contributed by atoms with van der Waals surface area (Å²) < 4.78 is 4.72. The highest BCUT2D eigenvalue weighted by Gasteiger charge is 2.50. The van der Waals surface area contributed by atoms with Crippen LogP contribution in [0, 0.1) is 12.8 Å². The third-order valence-electron chi connectivity index (χ3n) is 3.13. The molecule has 0 aliphatic carbocycles. The van der Waals surface area contributed by atoms with Gasteiger partial charge in [-0.15, -0.1) is 0 Å². The van der Waals surface area contributed by atoms with Crippen molar-refractivity contribution in [3.8, 4) is 0 Å². The van der Waals surface area contributed by atoms with Crippen molar-refractivity contribution in [3.63, 3.8) is 0 Å². The summed E-state index contributed by atoms with van der Waals surface area (Å²) in [6, 6.07) is 7.03. The van der Waals surface area contributed by atoms with Crippen LogP contribution in [0.3, 0.4) is 0 Å². The van der Waals surface area contributed by atoms with Crippen molar-refractivity contribution in [2.45, 2.75) is 19.9 Å². The fraction of sp³-hybridized carbons (Fsp3) is 0.385. The van der Waals surface area contributed by atoms with Crippen LogP contribution in [0.25, 0.3) is 0 Å². The molecule has 1 aromatic rings. The largest absolute Gasteiger partial charge is 0.467 e. The predicted molar refractivity (Wildman–Crippen MR) is 63.6 cm³/mol. The summed E-state index contributed by atoms with van der Waals surface area (Å²) in [5, 5.41) is 0. The standard InChI is InChI=1S/C13H15NO3/c1-8-4-6-10(7-5-8)14-11(13(16)17-3)9(2)12(14)15/h4-7,9,11H,1-3H3/t9-,11-/m1/s1. The molecule has 4 nitrogen and oxygen atoms in total. The summed E-state index contributed by atoms with van der Waals surface area (Å²) in [4.78, 5) is 24.9. The Kier molecular flexibility index (Phi) is 2.88. The van der Waals surface area contributed by atoms with Gasteiger partial charge in [0.2, 0.25) is 5.91 Å². The minimum atomic E-state index is -0.491. The summed E-state index contributed by atoms with van der Waals surface area (Å²) in [5.41, 5.74) is 1.86. The number of hydrogen-bond acceptors (Lipinski definition) is 3. The first-order valence-electron chi connectivity index (χ1n) is 5.54. The normalized spacial score (nSPS) is 23.2. The minimum Gasteiger partial charge on any atom is -0.467 e. The Labute approximate surface area is 100 Å². The highest BCUT2D eigenvalue weighted by Crippen LogP contribution is 2.33. The number of hydrogen-bond donors (Lipinski definition) is 0. The van der Waals surface area contributed by atoms with Crippen LogP contribution in [0.5, 0.6) is 0 Å². The Hall–Kier alpha value is -1.84. The number of carbonyl (C=O) groups excluding carboxylic acids is 2. The van der Waals surface area contributed by atoms with Gasteiger partial charge in [0.25, 0.3) is 0 Å². The monoisotopic (exact) mass is 233 g/mol. The number of aryl methyl sites for hydroxylation is 1. The molecule has 2 atom stereocenters. The zero-order valence-corrected chi connectivity index (χ0v) is 10.1. The van der Waals surface area contributed by atoms with Crippen LogP contribution in [0.15, 0.2) is 24.3 Å². The average Bonchev–Trinajstić information content (AvgIpc) is 2.35. The van der Waals surface area contributed by atoms with Gasteiger partial charge in [-0.2, -0.15) is 0 Å². The van der Waals surface area contributed by atoms with Crippen molar-refractivity contribution in [2.75, 3.05) is 12.0 Å². The second kappa shape index (κ2) is 4.20. The zero-order chi connectivity index (χ0) is 12.6. The summed E-state index contributed by atoms with van der Waals surface area (Å²) >= 11 is 0. The van der Waals surface area contributed by atoms with Gasteiger partial charge >= 0.3 is 5.97 Å². The molecule has 0 unspecified atom stereocenters. The van der Waals surface area contributed by atoms with Crippen LogP contribution in [-0.4, -0.2) is 25.0 Å². The maximum absolute atomic E-state index is 11.8. The van der Waals surface area contributed by atoms with Gasteiger partial charge in [0.1, 0.15) is 6.04 Å². The van der Waals surface area contributed by atoms with Gasteiger partial charge in [0.15, 0.2) is 0 Å². The smallest absolute Gasteiger partial charge is 0.329 e. The molecule has 1 fully saturated rings. The number of benzene rings is 1. The number of esters is 1. The van der Waals surface area contributed by atoms with Crippen LogP contribution in [-0.2, 0) is 14.3 Å². The quantitative estimate of drug-likeness (QED) is 0.574. The molecule has 0 bridgehead atoms. The molecule has 1 aromatic carbocycles. The number of amides is 1. The van der Waals surface area contributed by atoms with Gasteiger partial charge in [-0.05, 0) is 19.1 Å². The molecule has 1 amide bonds. The van der Waals surface area contributed by atoms with E-state index in [1.807, 2.05) is 31.2 Å². The lowest BCUT2D eigenvalue weighted by Crippen LogP contribution is -2.64. The van der Waals surface area contributed by atoms with Crippen molar-refractivity contribution in [1.82, 2.24) is 0 Å². The minimum absolute atomic E-state index is 0.0377. The van der Waals surface area contributed by atoms with Gasteiger partial charge in [0.05, 0.1) is 13.0 Å². The Balaban J connectivity index is 2.28. The Morgan fingerprint density at radius 1 is 1.29 bits per heavy atom. The van der Waals surface area contributed by atoms with E-state index >= 15 is 0 Å². The van der Waals surface area contributed by atoms with Crippen molar-refractivity contribution < 1.29 is 14.3 Å². The Bertz CT molecular complexity index is 452. The van der Waals surface area contributed by atoms with E-state index in [0.717, 1.165) is 11.3 Å². The molecule has 1 aliphatic heterocycles. The lowest BCUT2D eigenvalue weighted by molar-refractivity contribution is -0.151. The summed E-state index contributed by atoms with van der Waals surface area (Å²) in [6.07, 6.45) is 0. The average molecular weight is 233 g/mol. The SMILES string of the molecule is COC(=O)[C@H]1[C@@H](C)C(=O)N1c1ccc(C)cc1. The number of methoxy groups -OCH3 is 1. The van der Waals surface area contributed by atoms with E-state index in [4.69, 9.17) is 4.74 Å². The lowest BCUT2D eigenvalue weighted by Gasteiger charge is -2.43. The summed E-state index contributed by atoms with van der Waals surface area (Å²) in [5.74, 6) is -0.703. The van der Waals surface area contributed by atoms with Crippen molar-refractivity contribution in [2.24, 2.45) is 5.92 Å². The summed E-state index contributed by atoms with van der Waals surface area (Å²) in [6.45, 7) is 3.72. The van der Waals surface area contributed by atoms with Crippen molar-refractivity contribution in [3.05, 3.63) is 29.8 Å². The van der Waals surface area contributed by atoms with Gasteiger partial charge in [0, 0.05) is 5.69 Å². The van der Waals surface area contributed by atoms with Gasteiger partial charge in [-0.1, -0.05) is 24.6 Å². The maximum atomic E-state index is 11.8. The van der Waals surface area contributed by atoms with Crippen LogP contribution in [0.2, 0.25) is 0 Å². The molecule has 1 heterocycles. The molecule has 1 aliphatic rings. The maximum Gasteiger partial charge on any atom is 0.329 e. The third kappa shape index (κ3) is 1.79. The first kappa shape index (κ1) is 11.6. The number of nitrogens with zero attached hydrogens (tertiary/aromatic N) is 1. The lowest BCUT2D eigenvalue weighted by atomic mass is 9.88. The van der Waals surface area contributed by atoms with E-state index in [-0.39, 0.29) is 17.8 Å². The van der Waals surface area contributed by atoms with Gasteiger partial charge in [-0.25, -0.2) is 4.79 Å². The number of carbonyl (C=O) groups is 2. The van der Waals surface area contributed by atoms with Crippen LogP contribution in [0.1, 0.15) is 12.5 Å². The van der Waals surface area contributed by atoms with Crippen LogP contribution in [0.4, 0.5) is 5.69 Å². The molecule has 17 heavy (non-hydrogen) atoms. The van der Waals surface area contributed by atoms with E-state index in [1.165, 1.54) is 12.0 Å². The van der Waals surface area contributed by atoms with Crippen molar-refractivity contribution >= 4 is 17.6 Å². The van der Waals surface area contributed by atoms with E-state index in [1.54, 1.807) is 6.92 Å². The van der Waals surface area contributed by atoms with Gasteiger partial charge < -0.3 is 4.74 Å². The molecule has 0 saturated carbocycles. The fourth-order valence-corrected chi connectivity index (χ4v) is 2.06. The molecule has 0 aromatic heterocycles. The first-order chi connectivity index (χ1) is 8.06. The molecule has 90 valence electrons. The third-order valence-corrected chi connectivity index (χ3v) is 3.13. The van der Waals surface area contributed by atoms with E-state index < -0.39 is 6.04 Å². The molecular formula is C13H15NO3. The molecule has 2 rings (SSSR count). The fourth-order valence-electron chi connectivity index (χ4n) is 2.06. The molecular weight excluding hydrogens is 218 g/mol. The topological polar surface area (TPSA) is 46.6 Å². The first-order valence-corrected chi connectivity index (χ1v) is 5.54. The predicted octanol–water partition coefficient (Wildman–Crippen LogP) is 1.52. The van der Waals surface area contributed by atoms with Gasteiger partial charge in [-0.3, -0.25) is 9.69 Å². The highest BCUT2D eigenvalue weighted by atomic mass is 16.5. The number of anilines is 1. The number of β-lactam (4-membered cyclic amide) rings is 1. The molecule has 1 saturated heterocycles. The number of rotatable bonds is 2. The van der Waals surface area contributed by atoms with E-state index in [2.05, 4.69) is 0 Å². The zero-order valence-electron chi connectivity index (χ0n) is 10.1. The van der Waals surface area contributed by atoms with Crippen molar-refractivity contribution in [1.29, 1.82) is 0 Å². The molecule has 0 spiro atoms. The Morgan fingerprint density at radius 3 is 2.41 bits per heavy atom. The second-order valence-corrected chi connectivity index (χ2v) is 4.30. The van der Waals surface area contributed by atoms with Crippen LogP contribution < -0.4 is 4.90 Å². The second-order valence-electron chi connectivity index (χ2n) is 4.30. The summed E-state index contributed by atoms with van der Waals surface area (Å²) in [7, 11) is 1.34. The molecule has 0 N–H and O–H groups in total. The van der Waals surface area contributed by atoms with Crippen LogP contribution >= 0.6 is 0 Å².